The van der Waals surface area contributed by atoms with Crippen LogP contribution in [0, 0.1) is 5.92 Å². The van der Waals surface area contributed by atoms with Crippen molar-refractivity contribution in [3.63, 3.8) is 0 Å². The molecule has 0 aliphatic carbocycles. The van der Waals surface area contributed by atoms with Crippen molar-refractivity contribution in [3.8, 4) is 0 Å². The topological polar surface area (TPSA) is 58.4 Å². The Balaban J connectivity index is 1.86. The van der Waals surface area contributed by atoms with Crippen LogP contribution < -0.4 is 0 Å². The number of rotatable bonds is 5. The van der Waals surface area contributed by atoms with E-state index in [1.54, 1.807) is 0 Å². The molecular formula is C12H19N3O2. The highest BCUT2D eigenvalue weighted by atomic mass is 16.4. The minimum Gasteiger partial charge on any atom is -0.481 e. The van der Waals surface area contributed by atoms with Crippen LogP contribution in [0.3, 0.4) is 0 Å². The fraction of sp³-hybridized carbons (Fsp3) is 0.667. The Morgan fingerprint density at radius 2 is 2.47 bits per heavy atom. The Hall–Kier alpha value is -1.36. The third-order valence-electron chi connectivity index (χ3n) is 3.17. The monoisotopic (exact) mass is 237 g/mol. The maximum absolute atomic E-state index is 10.8. The molecule has 1 atom stereocenters. The van der Waals surface area contributed by atoms with Crippen LogP contribution in [0.4, 0.5) is 0 Å². The van der Waals surface area contributed by atoms with Crippen molar-refractivity contribution in [2.45, 2.75) is 32.9 Å². The van der Waals surface area contributed by atoms with E-state index < -0.39 is 5.97 Å². The minimum absolute atomic E-state index is 0.194. The molecule has 0 amide bonds. The molecule has 1 unspecified atom stereocenters. The van der Waals surface area contributed by atoms with Crippen molar-refractivity contribution in [2.24, 2.45) is 5.92 Å². The lowest BCUT2D eigenvalue weighted by Gasteiger charge is -2.13. The number of carbonyl (C=O) groups is 1. The van der Waals surface area contributed by atoms with E-state index in [0.29, 0.717) is 6.54 Å². The molecule has 1 fully saturated rings. The van der Waals surface area contributed by atoms with Gasteiger partial charge in [-0.05, 0) is 19.4 Å². The second-order valence-corrected chi connectivity index (χ2v) is 4.67. The van der Waals surface area contributed by atoms with Gasteiger partial charge in [0.15, 0.2) is 0 Å². The Labute approximate surface area is 101 Å². The summed E-state index contributed by atoms with van der Waals surface area (Å²) in [6, 6.07) is 0. The molecule has 94 valence electrons. The predicted octanol–water partition coefficient (Wildman–Crippen LogP) is 1.20. The average molecular weight is 237 g/mol. The number of aryl methyl sites for hydroxylation is 1. The molecule has 1 N–H and O–H groups in total. The lowest BCUT2D eigenvalue weighted by molar-refractivity contribution is -0.141. The van der Waals surface area contributed by atoms with Crippen LogP contribution in [0.1, 0.15) is 25.3 Å². The lowest BCUT2D eigenvalue weighted by atomic mass is 10.1. The maximum Gasteiger partial charge on any atom is 0.307 e. The average Bonchev–Trinajstić information content (AvgIpc) is 2.89. The van der Waals surface area contributed by atoms with Crippen LogP contribution in [0.2, 0.25) is 0 Å². The van der Waals surface area contributed by atoms with Gasteiger partial charge in [0.25, 0.3) is 0 Å². The number of carboxylic acid groups (broad SMARTS) is 1. The molecule has 1 aliphatic heterocycles. The molecule has 0 aromatic carbocycles. The summed E-state index contributed by atoms with van der Waals surface area (Å²) in [5, 5.41) is 13.2. The first-order valence-electron chi connectivity index (χ1n) is 6.15. The van der Waals surface area contributed by atoms with Gasteiger partial charge in [0, 0.05) is 31.4 Å². The van der Waals surface area contributed by atoms with Gasteiger partial charge in [-0.25, -0.2) is 0 Å². The van der Waals surface area contributed by atoms with Crippen LogP contribution >= 0.6 is 0 Å². The van der Waals surface area contributed by atoms with Gasteiger partial charge < -0.3 is 5.11 Å². The Bertz CT molecular complexity index is 389. The first-order valence-corrected chi connectivity index (χ1v) is 6.15. The highest BCUT2D eigenvalue weighted by molar-refractivity contribution is 5.70. The van der Waals surface area contributed by atoms with Crippen molar-refractivity contribution in [1.82, 2.24) is 14.7 Å². The van der Waals surface area contributed by atoms with Crippen LogP contribution in [-0.2, 0) is 17.9 Å². The normalized spacial score (nSPS) is 20.9. The zero-order valence-electron chi connectivity index (χ0n) is 10.2. The van der Waals surface area contributed by atoms with Gasteiger partial charge in [0.1, 0.15) is 0 Å². The molecule has 1 aromatic rings. The molecule has 5 heteroatoms. The summed E-state index contributed by atoms with van der Waals surface area (Å²) < 4.78 is 1.94. The van der Waals surface area contributed by atoms with E-state index in [1.807, 2.05) is 10.9 Å². The van der Waals surface area contributed by atoms with Crippen molar-refractivity contribution < 1.29 is 9.90 Å². The smallest absolute Gasteiger partial charge is 0.307 e. The number of aliphatic carboxylic acids is 1. The molecule has 1 aliphatic rings. The highest BCUT2D eigenvalue weighted by Gasteiger charge is 2.27. The highest BCUT2D eigenvalue weighted by Crippen LogP contribution is 2.18. The molecule has 0 radical (unpaired) electrons. The summed E-state index contributed by atoms with van der Waals surface area (Å²) in [4.78, 5) is 13.0. The fourth-order valence-corrected chi connectivity index (χ4v) is 2.28. The number of hydrogen-bond donors (Lipinski definition) is 1. The second kappa shape index (κ2) is 5.31. The van der Waals surface area contributed by atoms with Crippen molar-refractivity contribution in [3.05, 3.63) is 18.0 Å². The first kappa shape index (κ1) is 12.1. The summed E-state index contributed by atoms with van der Waals surface area (Å²) >= 11 is 0. The maximum atomic E-state index is 10.8. The molecule has 5 nitrogen and oxygen atoms in total. The van der Waals surface area contributed by atoms with Crippen LogP contribution in [0.5, 0.6) is 0 Å². The molecule has 2 rings (SSSR count). The van der Waals surface area contributed by atoms with Crippen LogP contribution in [0.15, 0.2) is 12.4 Å². The molecule has 1 saturated heterocycles. The molecule has 17 heavy (non-hydrogen) atoms. The van der Waals surface area contributed by atoms with E-state index in [2.05, 4.69) is 23.1 Å². The SMILES string of the molecule is CCCn1cc(CN2CCC(C(=O)O)C2)cn1. The zero-order chi connectivity index (χ0) is 12.3. The van der Waals surface area contributed by atoms with E-state index >= 15 is 0 Å². The molecule has 2 heterocycles. The Morgan fingerprint density at radius 1 is 1.65 bits per heavy atom. The van der Waals surface area contributed by atoms with E-state index in [4.69, 9.17) is 5.11 Å². The molecule has 0 spiro atoms. The van der Waals surface area contributed by atoms with Crippen molar-refractivity contribution in [2.75, 3.05) is 13.1 Å². The van der Waals surface area contributed by atoms with E-state index in [-0.39, 0.29) is 5.92 Å². The molecule has 1 aromatic heterocycles. The molecule has 0 bridgehead atoms. The van der Waals surface area contributed by atoms with Gasteiger partial charge in [-0.2, -0.15) is 5.10 Å². The van der Waals surface area contributed by atoms with Crippen LogP contribution in [-0.4, -0.2) is 38.8 Å². The van der Waals surface area contributed by atoms with E-state index in [1.165, 1.54) is 5.56 Å². The molecular weight excluding hydrogens is 218 g/mol. The third kappa shape index (κ3) is 3.06. The summed E-state index contributed by atoms with van der Waals surface area (Å²) in [5.41, 5.74) is 1.17. The number of carboxylic acids is 1. The fourth-order valence-electron chi connectivity index (χ4n) is 2.28. The summed E-state index contributed by atoms with van der Waals surface area (Å²) in [6.07, 6.45) is 5.77. The minimum atomic E-state index is -0.672. The van der Waals surface area contributed by atoms with Gasteiger partial charge in [-0.3, -0.25) is 14.4 Å². The van der Waals surface area contributed by atoms with Crippen molar-refractivity contribution >= 4 is 5.97 Å². The van der Waals surface area contributed by atoms with Crippen LogP contribution in [0.25, 0.3) is 0 Å². The summed E-state index contributed by atoms with van der Waals surface area (Å²) in [6.45, 7) is 5.41. The zero-order valence-corrected chi connectivity index (χ0v) is 10.2. The largest absolute Gasteiger partial charge is 0.481 e. The third-order valence-corrected chi connectivity index (χ3v) is 3.17. The number of aromatic nitrogens is 2. The van der Waals surface area contributed by atoms with Gasteiger partial charge in [-0.15, -0.1) is 0 Å². The Kier molecular flexibility index (Phi) is 3.78. The quantitative estimate of drug-likeness (QED) is 0.836. The summed E-state index contributed by atoms with van der Waals surface area (Å²) in [7, 11) is 0. The standard InChI is InChI=1S/C12H19N3O2/c1-2-4-15-8-10(6-13-15)7-14-5-3-11(9-14)12(16)17/h6,8,11H,2-5,7,9H2,1H3,(H,16,17). The van der Waals surface area contributed by atoms with E-state index in [9.17, 15) is 4.79 Å². The molecule has 0 saturated carbocycles. The van der Waals surface area contributed by atoms with Crippen molar-refractivity contribution in [1.29, 1.82) is 0 Å². The first-order chi connectivity index (χ1) is 8.19. The number of hydrogen-bond acceptors (Lipinski definition) is 3. The predicted molar refractivity (Wildman–Crippen MR) is 63.5 cm³/mol. The van der Waals surface area contributed by atoms with Gasteiger partial charge in [0.2, 0.25) is 0 Å². The van der Waals surface area contributed by atoms with Gasteiger partial charge in [0.05, 0.1) is 12.1 Å². The number of nitrogens with zero attached hydrogens (tertiary/aromatic N) is 3. The Morgan fingerprint density at radius 3 is 3.12 bits per heavy atom. The summed E-state index contributed by atoms with van der Waals surface area (Å²) in [5.74, 6) is -0.866. The van der Waals surface area contributed by atoms with Gasteiger partial charge >= 0.3 is 5.97 Å². The lowest BCUT2D eigenvalue weighted by Crippen LogP contribution is -2.22. The van der Waals surface area contributed by atoms with Gasteiger partial charge in [-0.1, -0.05) is 6.92 Å². The second-order valence-electron chi connectivity index (χ2n) is 4.67. The van der Waals surface area contributed by atoms with E-state index in [0.717, 1.165) is 32.5 Å². The number of likely N-dealkylation sites (tertiary alicyclic amines) is 1.